The molecule has 1 aromatic carbocycles. The lowest BCUT2D eigenvalue weighted by atomic mass is 10.1. The molecule has 1 aromatic heterocycles. The SMILES string of the molecule is O=CN1C(Cl)COC(O)(c2cc3ccccc3s2)C1O. The molecule has 1 amide bonds. The van der Waals surface area contributed by atoms with Crippen molar-refractivity contribution in [3.8, 4) is 0 Å². The molecule has 1 saturated heterocycles. The van der Waals surface area contributed by atoms with Crippen LogP contribution in [0.4, 0.5) is 0 Å². The summed E-state index contributed by atoms with van der Waals surface area (Å²) >= 11 is 7.17. The van der Waals surface area contributed by atoms with Crippen LogP contribution in [-0.2, 0) is 15.3 Å². The second-order valence-corrected chi connectivity index (χ2v) is 6.10. The molecule has 1 aliphatic rings. The third-order valence-electron chi connectivity index (χ3n) is 3.30. The molecule has 0 aliphatic carbocycles. The van der Waals surface area contributed by atoms with Crippen LogP contribution in [0.25, 0.3) is 10.1 Å². The van der Waals surface area contributed by atoms with Crippen molar-refractivity contribution in [2.45, 2.75) is 17.5 Å². The number of carbonyl (C=O) groups excluding carboxylic acids is 1. The number of nitrogens with zero attached hydrogens (tertiary/aromatic N) is 1. The van der Waals surface area contributed by atoms with Crippen LogP contribution >= 0.6 is 22.9 Å². The summed E-state index contributed by atoms with van der Waals surface area (Å²) in [6.45, 7) is -0.0674. The van der Waals surface area contributed by atoms with Crippen molar-refractivity contribution in [1.82, 2.24) is 4.90 Å². The Bertz CT molecular complexity index is 615. The van der Waals surface area contributed by atoms with Gasteiger partial charge in [-0.05, 0) is 17.5 Å². The van der Waals surface area contributed by atoms with Gasteiger partial charge >= 0.3 is 0 Å². The summed E-state index contributed by atoms with van der Waals surface area (Å²) < 4.78 is 6.28. The van der Waals surface area contributed by atoms with Crippen molar-refractivity contribution < 1.29 is 19.7 Å². The molecule has 1 fully saturated rings. The summed E-state index contributed by atoms with van der Waals surface area (Å²) in [4.78, 5) is 12.4. The number of amides is 1. The van der Waals surface area contributed by atoms with Crippen molar-refractivity contribution in [2.24, 2.45) is 0 Å². The summed E-state index contributed by atoms with van der Waals surface area (Å²) in [6.07, 6.45) is -1.15. The third kappa shape index (κ3) is 2.01. The molecular weight excluding hydrogens is 302 g/mol. The standard InChI is InChI=1S/C13H12ClNO4S/c14-11-6-19-13(18,12(17)15(11)7-16)10-5-8-3-1-2-4-9(8)20-10/h1-5,7,11-12,17-18H,6H2. The minimum atomic E-state index is -1.96. The largest absolute Gasteiger partial charge is 0.368 e. The lowest BCUT2D eigenvalue weighted by molar-refractivity contribution is -0.322. The van der Waals surface area contributed by atoms with E-state index in [2.05, 4.69) is 0 Å². The van der Waals surface area contributed by atoms with Gasteiger partial charge in [-0.3, -0.25) is 9.69 Å². The molecule has 3 unspecified atom stereocenters. The van der Waals surface area contributed by atoms with Gasteiger partial charge in [0.1, 0.15) is 5.50 Å². The second kappa shape index (κ2) is 4.98. The van der Waals surface area contributed by atoms with E-state index in [1.54, 1.807) is 6.07 Å². The molecule has 7 heteroatoms. The normalized spacial score (nSPS) is 30.6. The number of thiophene rings is 1. The fourth-order valence-electron chi connectivity index (χ4n) is 2.19. The second-order valence-electron chi connectivity index (χ2n) is 4.52. The van der Waals surface area contributed by atoms with Gasteiger partial charge in [0.15, 0.2) is 6.23 Å². The van der Waals surface area contributed by atoms with Crippen LogP contribution in [0.2, 0.25) is 0 Å². The summed E-state index contributed by atoms with van der Waals surface area (Å²) in [7, 11) is 0. The summed E-state index contributed by atoms with van der Waals surface area (Å²) in [6, 6.07) is 9.31. The van der Waals surface area contributed by atoms with E-state index in [0.29, 0.717) is 11.3 Å². The highest BCUT2D eigenvalue weighted by Crippen LogP contribution is 2.39. The zero-order valence-electron chi connectivity index (χ0n) is 10.3. The van der Waals surface area contributed by atoms with Gasteiger partial charge < -0.3 is 14.9 Å². The molecule has 0 spiro atoms. The number of benzene rings is 1. The van der Waals surface area contributed by atoms with Gasteiger partial charge in [-0.1, -0.05) is 29.8 Å². The van der Waals surface area contributed by atoms with Crippen LogP contribution < -0.4 is 0 Å². The smallest absolute Gasteiger partial charge is 0.248 e. The van der Waals surface area contributed by atoms with Gasteiger partial charge in [-0.25, -0.2) is 0 Å². The van der Waals surface area contributed by atoms with Crippen LogP contribution in [0.3, 0.4) is 0 Å². The van der Waals surface area contributed by atoms with Crippen LogP contribution in [0.1, 0.15) is 4.88 Å². The number of hydrogen-bond donors (Lipinski definition) is 2. The average molecular weight is 314 g/mol. The van der Waals surface area contributed by atoms with E-state index in [1.807, 2.05) is 24.3 Å². The number of halogens is 1. The Balaban J connectivity index is 2.04. The molecule has 0 radical (unpaired) electrons. The van der Waals surface area contributed by atoms with Crippen LogP contribution in [0, 0.1) is 0 Å². The van der Waals surface area contributed by atoms with Crippen LogP contribution in [-0.4, -0.2) is 39.9 Å². The van der Waals surface area contributed by atoms with E-state index in [9.17, 15) is 15.0 Å². The van der Waals surface area contributed by atoms with E-state index in [4.69, 9.17) is 16.3 Å². The first kappa shape index (κ1) is 13.8. The topological polar surface area (TPSA) is 70.0 Å². The highest BCUT2D eigenvalue weighted by molar-refractivity contribution is 7.19. The Morgan fingerprint density at radius 1 is 1.50 bits per heavy atom. The van der Waals surface area contributed by atoms with Gasteiger partial charge in [-0.15, -0.1) is 11.3 Å². The molecule has 3 atom stereocenters. The number of carbonyl (C=O) groups is 1. The first-order valence-corrected chi connectivity index (χ1v) is 7.22. The Hall–Kier alpha value is -1.18. The van der Waals surface area contributed by atoms with Crippen molar-refractivity contribution in [3.63, 3.8) is 0 Å². The molecular formula is C13H12ClNO4S. The van der Waals surface area contributed by atoms with E-state index < -0.39 is 17.5 Å². The van der Waals surface area contributed by atoms with Gasteiger partial charge in [0.05, 0.1) is 11.5 Å². The molecule has 2 aromatic rings. The quantitative estimate of drug-likeness (QED) is 0.500. The molecule has 0 saturated carbocycles. The maximum Gasteiger partial charge on any atom is 0.248 e. The maximum absolute atomic E-state index is 11.0. The molecule has 2 N–H and O–H groups in total. The van der Waals surface area contributed by atoms with Crippen molar-refractivity contribution in [2.75, 3.05) is 6.61 Å². The summed E-state index contributed by atoms with van der Waals surface area (Å²) in [5.41, 5.74) is -0.808. The fraction of sp³-hybridized carbons (Fsp3) is 0.308. The monoisotopic (exact) mass is 313 g/mol. The molecule has 106 valence electrons. The van der Waals surface area contributed by atoms with Gasteiger partial charge in [0.25, 0.3) is 0 Å². The minimum absolute atomic E-state index is 0.0674. The van der Waals surface area contributed by atoms with E-state index in [0.717, 1.165) is 15.0 Å². The average Bonchev–Trinajstić information content (AvgIpc) is 2.88. The predicted octanol–water partition coefficient (Wildman–Crippen LogP) is 1.42. The number of alkyl halides is 1. The first-order valence-electron chi connectivity index (χ1n) is 5.96. The number of fused-ring (bicyclic) bond motifs is 1. The highest BCUT2D eigenvalue weighted by Gasteiger charge is 2.49. The maximum atomic E-state index is 11.0. The van der Waals surface area contributed by atoms with Crippen molar-refractivity contribution >= 4 is 39.4 Å². The highest BCUT2D eigenvalue weighted by atomic mass is 35.5. The van der Waals surface area contributed by atoms with E-state index in [-0.39, 0.29) is 6.61 Å². The Morgan fingerprint density at radius 3 is 2.95 bits per heavy atom. The predicted molar refractivity (Wildman–Crippen MR) is 75.2 cm³/mol. The number of rotatable bonds is 2. The zero-order valence-corrected chi connectivity index (χ0v) is 11.8. The van der Waals surface area contributed by atoms with Crippen LogP contribution in [0.15, 0.2) is 30.3 Å². The molecule has 2 heterocycles. The Labute approximate surface area is 123 Å². The number of hydrogen-bond acceptors (Lipinski definition) is 5. The third-order valence-corrected chi connectivity index (χ3v) is 4.87. The minimum Gasteiger partial charge on any atom is -0.368 e. The number of aliphatic hydroxyl groups excluding tert-OH is 1. The number of ether oxygens (including phenoxy) is 1. The van der Waals surface area contributed by atoms with Crippen molar-refractivity contribution in [3.05, 3.63) is 35.2 Å². The van der Waals surface area contributed by atoms with Gasteiger partial charge in [0.2, 0.25) is 12.2 Å². The molecule has 5 nitrogen and oxygen atoms in total. The zero-order chi connectivity index (χ0) is 14.3. The fourth-order valence-corrected chi connectivity index (χ4v) is 3.53. The molecule has 20 heavy (non-hydrogen) atoms. The number of aliphatic hydroxyl groups is 2. The van der Waals surface area contributed by atoms with Gasteiger partial charge in [-0.2, -0.15) is 0 Å². The van der Waals surface area contributed by atoms with Crippen LogP contribution in [0.5, 0.6) is 0 Å². The van der Waals surface area contributed by atoms with Gasteiger partial charge in [0, 0.05) is 4.70 Å². The number of morpholine rings is 1. The van der Waals surface area contributed by atoms with Crippen molar-refractivity contribution in [1.29, 1.82) is 0 Å². The Morgan fingerprint density at radius 2 is 2.25 bits per heavy atom. The Kier molecular flexibility index (Phi) is 3.43. The van der Waals surface area contributed by atoms with E-state index >= 15 is 0 Å². The van der Waals surface area contributed by atoms with E-state index in [1.165, 1.54) is 11.3 Å². The molecule has 0 bridgehead atoms. The summed E-state index contributed by atoms with van der Waals surface area (Å²) in [5, 5.41) is 21.7. The first-order chi connectivity index (χ1) is 9.56. The lowest BCUT2D eigenvalue weighted by Gasteiger charge is -2.43. The molecule has 1 aliphatic heterocycles. The summed E-state index contributed by atoms with van der Waals surface area (Å²) in [5.74, 6) is -1.96. The molecule has 3 rings (SSSR count). The lowest BCUT2D eigenvalue weighted by Crippen LogP contribution is -2.59.